The number of hydrogen-bond acceptors (Lipinski definition) is 9. The van der Waals surface area contributed by atoms with E-state index in [1.807, 2.05) is 0 Å². The van der Waals surface area contributed by atoms with E-state index in [1.165, 1.54) is 13.1 Å². The summed E-state index contributed by atoms with van der Waals surface area (Å²) in [6, 6.07) is 4.50. The number of esters is 1. The predicted octanol–water partition coefficient (Wildman–Crippen LogP) is 1.35. The maximum absolute atomic E-state index is 12.1. The van der Waals surface area contributed by atoms with E-state index >= 15 is 0 Å². The molecule has 0 atom stereocenters. The Morgan fingerprint density at radius 1 is 1.38 bits per heavy atom. The topological polar surface area (TPSA) is 141 Å². The summed E-state index contributed by atoms with van der Waals surface area (Å²) in [6.07, 6.45) is 1.28. The molecule has 0 bridgehead atoms. The number of carbonyl (C=O) groups excluding carboxylic acids is 1. The second-order valence-corrected chi connectivity index (χ2v) is 5.99. The van der Waals surface area contributed by atoms with Crippen molar-refractivity contribution in [1.82, 2.24) is 4.41 Å². The van der Waals surface area contributed by atoms with Crippen LogP contribution in [0.1, 0.15) is 6.92 Å². The van der Waals surface area contributed by atoms with Crippen LogP contribution >= 0.6 is 0 Å². The molecule has 1 aliphatic heterocycles. The largest absolute Gasteiger partial charge is 0.461 e. The summed E-state index contributed by atoms with van der Waals surface area (Å²) in [4.78, 5) is 20.7. The van der Waals surface area contributed by atoms with Gasteiger partial charge in [-0.15, -0.1) is 9.53 Å². The molecule has 128 valence electrons. The summed E-state index contributed by atoms with van der Waals surface area (Å²) >= 11 is 0. The minimum absolute atomic E-state index is 0.119. The van der Waals surface area contributed by atoms with E-state index < -0.39 is 21.2 Å². The van der Waals surface area contributed by atoms with E-state index in [9.17, 15) is 23.3 Å². The van der Waals surface area contributed by atoms with E-state index in [1.54, 1.807) is 0 Å². The minimum Gasteiger partial charge on any atom is -0.461 e. The van der Waals surface area contributed by atoms with Gasteiger partial charge in [-0.25, -0.2) is 0 Å². The molecule has 24 heavy (non-hydrogen) atoms. The first kappa shape index (κ1) is 17.3. The number of ether oxygens (including phenoxy) is 1. The van der Waals surface area contributed by atoms with Gasteiger partial charge in [0.05, 0.1) is 17.7 Å². The van der Waals surface area contributed by atoms with Crippen LogP contribution in [0.25, 0.3) is 0 Å². The lowest BCUT2D eigenvalue weighted by molar-refractivity contribution is -0.384. The van der Waals surface area contributed by atoms with Gasteiger partial charge in [0.15, 0.2) is 0 Å². The average Bonchev–Trinajstić information content (AvgIpc) is 2.53. The first-order chi connectivity index (χ1) is 11.3. The van der Waals surface area contributed by atoms with Crippen LogP contribution in [-0.2, 0) is 19.8 Å². The van der Waals surface area contributed by atoms with Crippen molar-refractivity contribution in [3.63, 3.8) is 0 Å². The summed E-state index contributed by atoms with van der Waals surface area (Å²) in [7, 11) is -4.32. The zero-order valence-electron chi connectivity index (χ0n) is 12.4. The van der Waals surface area contributed by atoms with Crippen LogP contribution in [0.3, 0.4) is 0 Å². The Hall–Kier alpha value is -3.02. The molecule has 1 aliphatic rings. The Labute approximate surface area is 136 Å². The monoisotopic (exact) mass is 356 g/mol. The van der Waals surface area contributed by atoms with Gasteiger partial charge in [0.2, 0.25) is 0 Å². The SMILES string of the molecule is CC(=O)OCC1=CN=NN(S(=O)(=O)Oc2ccc([N+](=O)[O-])cc2)C1. The number of hydrogen-bond donors (Lipinski definition) is 0. The van der Waals surface area contributed by atoms with E-state index in [-0.39, 0.29) is 24.6 Å². The van der Waals surface area contributed by atoms with E-state index in [0.717, 1.165) is 24.3 Å². The molecule has 0 unspecified atom stereocenters. The molecule has 2 rings (SSSR count). The van der Waals surface area contributed by atoms with Gasteiger partial charge in [0, 0.05) is 24.6 Å². The molecule has 0 N–H and O–H groups in total. The Bertz CT molecular complexity index is 801. The summed E-state index contributed by atoms with van der Waals surface area (Å²) in [5.41, 5.74) is 0.195. The number of carbonyl (C=O) groups is 1. The van der Waals surface area contributed by atoms with Crippen molar-refractivity contribution in [3.05, 3.63) is 46.2 Å². The number of nitro groups is 1. The summed E-state index contributed by atoms with van der Waals surface area (Å²) in [5.74, 6) is -0.637. The third-order valence-corrected chi connectivity index (χ3v) is 3.82. The van der Waals surface area contributed by atoms with Gasteiger partial charge in [-0.1, -0.05) is 5.22 Å². The lowest BCUT2D eigenvalue weighted by Gasteiger charge is -2.20. The van der Waals surface area contributed by atoms with Crippen molar-refractivity contribution in [2.75, 3.05) is 13.2 Å². The first-order valence-corrected chi connectivity index (χ1v) is 7.83. The zero-order chi connectivity index (χ0) is 17.7. The lowest BCUT2D eigenvalue weighted by atomic mass is 10.3. The van der Waals surface area contributed by atoms with Crippen LogP contribution < -0.4 is 4.18 Å². The van der Waals surface area contributed by atoms with Crippen molar-refractivity contribution in [2.45, 2.75) is 6.92 Å². The smallest absolute Gasteiger partial charge is 0.426 e. The van der Waals surface area contributed by atoms with Gasteiger partial charge in [-0.05, 0) is 12.1 Å². The van der Waals surface area contributed by atoms with Gasteiger partial charge in [0.1, 0.15) is 12.4 Å². The Kier molecular flexibility index (Phi) is 5.08. The number of nitrogens with zero attached hydrogens (tertiary/aromatic N) is 4. The molecule has 0 saturated heterocycles. The maximum Gasteiger partial charge on any atom is 0.426 e. The molecule has 0 radical (unpaired) electrons. The fourth-order valence-electron chi connectivity index (χ4n) is 1.60. The highest BCUT2D eigenvalue weighted by atomic mass is 32.2. The van der Waals surface area contributed by atoms with Gasteiger partial charge < -0.3 is 8.92 Å². The normalized spacial score (nSPS) is 14.0. The van der Waals surface area contributed by atoms with Crippen molar-refractivity contribution >= 4 is 22.0 Å². The summed E-state index contributed by atoms with van der Waals surface area (Å²) in [6.45, 7) is 0.890. The number of rotatable bonds is 6. The highest BCUT2D eigenvalue weighted by Gasteiger charge is 2.27. The molecule has 11 nitrogen and oxygen atoms in total. The van der Waals surface area contributed by atoms with Crippen molar-refractivity contribution in [3.8, 4) is 5.75 Å². The van der Waals surface area contributed by atoms with Gasteiger partial charge >= 0.3 is 16.3 Å². The van der Waals surface area contributed by atoms with Gasteiger partial charge in [-0.2, -0.15) is 8.42 Å². The highest BCUT2D eigenvalue weighted by molar-refractivity contribution is 7.84. The number of benzene rings is 1. The third-order valence-electron chi connectivity index (χ3n) is 2.70. The number of nitro benzene ring substituents is 1. The van der Waals surface area contributed by atoms with Crippen molar-refractivity contribution < 1.29 is 27.1 Å². The molecule has 0 fully saturated rings. The average molecular weight is 356 g/mol. The molecule has 1 aromatic rings. The second kappa shape index (κ2) is 7.04. The summed E-state index contributed by atoms with van der Waals surface area (Å²) < 4.78 is 34.5. The van der Waals surface area contributed by atoms with Crippen LogP contribution in [0.5, 0.6) is 5.75 Å². The van der Waals surface area contributed by atoms with E-state index in [0.29, 0.717) is 9.99 Å². The molecule has 0 saturated carbocycles. The molecule has 0 aromatic heterocycles. The molecule has 0 amide bonds. The standard InChI is InChI=1S/C12H12N4O7S/c1-9(17)22-8-10-6-13-14-15(7-10)24(20,21)23-12-4-2-11(3-5-12)16(18)19/h2-6H,7-8H2,1H3. The Morgan fingerprint density at radius 3 is 2.62 bits per heavy atom. The van der Waals surface area contributed by atoms with Gasteiger partial charge in [0.25, 0.3) is 5.69 Å². The second-order valence-electron chi connectivity index (χ2n) is 4.54. The van der Waals surface area contributed by atoms with Crippen molar-refractivity contribution in [1.29, 1.82) is 0 Å². The van der Waals surface area contributed by atoms with Gasteiger partial charge in [-0.3, -0.25) is 14.9 Å². The minimum atomic E-state index is -4.32. The molecule has 1 heterocycles. The van der Waals surface area contributed by atoms with Crippen LogP contribution in [0.2, 0.25) is 0 Å². The molecular formula is C12H12N4O7S. The predicted molar refractivity (Wildman–Crippen MR) is 78.9 cm³/mol. The maximum atomic E-state index is 12.1. The first-order valence-electron chi connectivity index (χ1n) is 6.46. The molecule has 0 aliphatic carbocycles. The fourth-order valence-corrected chi connectivity index (χ4v) is 2.50. The quantitative estimate of drug-likeness (QED) is 0.425. The van der Waals surface area contributed by atoms with Crippen LogP contribution in [-0.4, -0.2) is 36.9 Å². The molecular weight excluding hydrogens is 344 g/mol. The molecule has 1 aromatic carbocycles. The van der Waals surface area contributed by atoms with Crippen LogP contribution in [0.4, 0.5) is 5.69 Å². The third kappa shape index (κ3) is 4.49. The van der Waals surface area contributed by atoms with E-state index in [2.05, 4.69) is 10.3 Å². The highest BCUT2D eigenvalue weighted by Crippen LogP contribution is 2.21. The lowest BCUT2D eigenvalue weighted by Crippen LogP contribution is -2.33. The molecule has 12 heteroatoms. The van der Waals surface area contributed by atoms with Crippen LogP contribution in [0.15, 0.2) is 46.4 Å². The number of non-ortho nitro benzene ring substituents is 1. The van der Waals surface area contributed by atoms with Crippen molar-refractivity contribution in [2.24, 2.45) is 10.3 Å². The van der Waals surface area contributed by atoms with Crippen LogP contribution in [0, 0.1) is 10.1 Å². The molecule has 0 spiro atoms. The zero-order valence-corrected chi connectivity index (χ0v) is 13.2. The summed E-state index contributed by atoms with van der Waals surface area (Å²) in [5, 5.41) is 17.5. The van der Waals surface area contributed by atoms with E-state index in [4.69, 9.17) is 8.92 Å². The Morgan fingerprint density at radius 2 is 2.04 bits per heavy atom. The fraction of sp³-hybridized carbons (Fsp3) is 0.250. The Balaban J connectivity index is 2.05.